The molecule has 7 heteroatoms. The second-order valence-corrected chi connectivity index (χ2v) is 6.20. The van der Waals surface area contributed by atoms with Crippen LogP contribution in [0.4, 0.5) is 0 Å². The van der Waals surface area contributed by atoms with Crippen molar-refractivity contribution in [1.29, 1.82) is 0 Å². The maximum Gasteiger partial charge on any atom is 0.283 e. The van der Waals surface area contributed by atoms with Crippen molar-refractivity contribution in [3.05, 3.63) is 53.6 Å². The number of aryl methyl sites for hydroxylation is 1. The van der Waals surface area contributed by atoms with E-state index < -0.39 is 12.0 Å². The van der Waals surface area contributed by atoms with Crippen LogP contribution in [0.25, 0.3) is 0 Å². The van der Waals surface area contributed by atoms with Crippen LogP contribution in [0, 0.1) is 13.8 Å². The third kappa shape index (κ3) is 4.69. The molecule has 2 N–H and O–H groups in total. The lowest BCUT2D eigenvalue weighted by Crippen LogP contribution is -2.51. The zero-order valence-electron chi connectivity index (χ0n) is 15.3. The highest BCUT2D eigenvalue weighted by Crippen LogP contribution is 2.30. The average molecular weight is 370 g/mol. The summed E-state index contributed by atoms with van der Waals surface area (Å²) in [5, 5.41) is 0. The second-order valence-electron chi connectivity index (χ2n) is 6.20. The van der Waals surface area contributed by atoms with Gasteiger partial charge in [-0.15, -0.1) is 0 Å². The summed E-state index contributed by atoms with van der Waals surface area (Å²) >= 11 is 0. The summed E-state index contributed by atoms with van der Waals surface area (Å²) < 4.78 is 16.7. The first-order valence-electron chi connectivity index (χ1n) is 8.71. The lowest BCUT2D eigenvalue weighted by molar-refractivity contribution is -0.135. The molecule has 0 fully saturated rings. The number of hydrogen-bond donors (Lipinski definition) is 2. The van der Waals surface area contributed by atoms with Gasteiger partial charge in [-0.1, -0.05) is 24.3 Å². The monoisotopic (exact) mass is 370 g/mol. The fourth-order valence-electron chi connectivity index (χ4n) is 2.56. The molecule has 0 radical (unpaired) electrons. The smallest absolute Gasteiger partial charge is 0.283 e. The summed E-state index contributed by atoms with van der Waals surface area (Å²) in [6.45, 7) is 4.26. The molecule has 0 spiro atoms. The summed E-state index contributed by atoms with van der Waals surface area (Å²) in [5.74, 6) is 1.00. The lowest BCUT2D eigenvalue weighted by atomic mass is 10.1. The third-order valence-electron chi connectivity index (χ3n) is 4.27. The molecule has 2 amide bonds. The van der Waals surface area contributed by atoms with E-state index in [4.69, 9.17) is 14.2 Å². The number of carbonyl (C=O) groups excluding carboxylic acids is 2. The van der Waals surface area contributed by atoms with Crippen molar-refractivity contribution in [2.45, 2.75) is 26.4 Å². The van der Waals surface area contributed by atoms with Crippen LogP contribution < -0.4 is 25.1 Å². The molecular weight excluding hydrogens is 348 g/mol. The van der Waals surface area contributed by atoms with Gasteiger partial charge in [-0.3, -0.25) is 20.4 Å². The van der Waals surface area contributed by atoms with E-state index in [9.17, 15) is 9.59 Å². The van der Waals surface area contributed by atoms with E-state index >= 15 is 0 Å². The Bertz CT molecular complexity index is 837. The first kappa shape index (κ1) is 18.6. The van der Waals surface area contributed by atoms with Gasteiger partial charge < -0.3 is 14.2 Å². The predicted octanol–water partition coefficient (Wildman–Crippen LogP) is 2.06. The number of ether oxygens (including phenoxy) is 3. The van der Waals surface area contributed by atoms with Gasteiger partial charge in [0.05, 0.1) is 13.0 Å². The molecular formula is C20H22N2O5. The van der Waals surface area contributed by atoms with Gasteiger partial charge in [0.2, 0.25) is 12.0 Å². The number of carbonyl (C=O) groups is 2. The van der Waals surface area contributed by atoms with Crippen molar-refractivity contribution in [2.24, 2.45) is 0 Å². The molecule has 142 valence electrons. The number of hydrogen-bond acceptors (Lipinski definition) is 5. The Kier molecular flexibility index (Phi) is 5.80. The standard InChI is InChI=1S/C20H22N2O5/c1-13-6-5-9-15(14(13)2)25-11-10-19(23)21-22-20(24)18-12-26-16-7-3-4-8-17(16)27-18/h3-9,18H,10-12H2,1-2H3,(H,21,23)(H,22,24). The number of nitrogens with one attached hydrogen (secondary N) is 2. The number of benzene rings is 2. The van der Waals surface area contributed by atoms with Gasteiger partial charge in [-0.2, -0.15) is 0 Å². The van der Waals surface area contributed by atoms with Crippen molar-refractivity contribution >= 4 is 11.8 Å². The fourth-order valence-corrected chi connectivity index (χ4v) is 2.56. The first-order chi connectivity index (χ1) is 13.0. The zero-order valence-corrected chi connectivity index (χ0v) is 15.3. The Morgan fingerprint density at radius 2 is 1.85 bits per heavy atom. The average Bonchev–Trinajstić information content (AvgIpc) is 2.69. The van der Waals surface area contributed by atoms with Gasteiger partial charge in [0.1, 0.15) is 12.4 Å². The Morgan fingerprint density at radius 3 is 2.67 bits per heavy atom. The van der Waals surface area contributed by atoms with Crippen LogP contribution in [0.1, 0.15) is 17.5 Å². The Hall–Kier alpha value is -3.22. The molecule has 1 unspecified atom stereocenters. The fraction of sp³-hybridized carbons (Fsp3) is 0.300. The summed E-state index contributed by atoms with van der Waals surface area (Å²) in [6.07, 6.45) is -0.718. The van der Waals surface area contributed by atoms with Gasteiger partial charge >= 0.3 is 0 Å². The highest BCUT2D eigenvalue weighted by Gasteiger charge is 2.27. The van der Waals surface area contributed by atoms with E-state index in [1.54, 1.807) is 18.2 Å². The van der Waals surface area contributed by atoms with Crippen LogP contribution in [0.5, 0.6) is 17.2 Å². The molecule has 0 aromatic heterocycles. The summed E-state index contributed by atoms with van der Waals surface area (Å²) in [5.41, 5.74) is 6.88. The highest BCUT2D eigenvalue weighted by molar-refractivity contribution is 5.85. The molecule has 1 heterocycles. The molecule has 7 nitrogen and oxygen atoms in total. The van der Waals surface area contributed by atoms with Gasteiger partial charge in [0.25, 0.3) is 5.91 Å². The molecule has 2 aromatic rings. The number of fused-ring (bicyclic) bond motifs is 1. The molecule has 27 heavy (non-hydrogen) atoms. The van der Waals surface area contributed by atoms with Gasteiger partial charge in [-0.05, 0) is 43.2 Å². The van der Waals surface area contributed by atoms with Crippen LogP contribution in [0.2, 0.25) is 0 Å². The van der Waals surface area contributed by atoms with Crippen molar-refractivity contribution < 1.29 is 23.8 Å². The molecule has 0 bridgehead atoms. The van der Waals surface area contributed by atoms with Crippen LogP contribution in [0.3, 0.4) is 0 Å². The predicted molar refractivity (Wildman–Crippen MR) is 98.7 cm³/mol. The van der Waals surface area contributed by atoms with E-state index in [-0.39, 0.29) is 25.5 Å². The Balaban J connectivity index is 1.40. The number of rotatable bonds is 5. The molecule has 2 aromatic carbocycles. The maximum absolute atomic E-state index is 12.1. The second kappa shape index (κ2) is 8.44. The molecule has 1 aliphatic rings. The minimum absolute atomic E-state index is 0.0778. The first-order valence-corrected chi connectivity index (χ1v) is 8.71. The van der Waals surface area contributed by atoms with Crippen molar-refractivity contribution in [1.82, 2.24) is 10.9 Å². The molecule has 0 saturated heterocycles. The third-order valence-corrected chi connectivity index (χ3v) is 4.27. The molecule has 3 rings (SSSR count). The van der Waals surface area contributed by atoms with Crippen molar-refractivity contribution in [2.75, 3.05) is 13.2 Å². The normalized spacial score (nSPS) is 15.0. The van der Waals surface area contributed by atoms with E-state index in [0.717, 1.165) is 16.9 Å². The van der Waals surface area contributed by atoms with Crippen LogP contribution in [0.15, 0.2) is 42.5 Å². The number of para-hydroxylation sites is 2. The van der Waals surface area contributed by atoms with Gasteiger partial charge in [0.15, 0.2) is 11.5 Å². The van der Waals surface area contributed by atoms with Crippen LogP contribution in [-0.2, 0) is 9.59 Å². The van der Waals surface area contributed by atoms with Gasteiger partial charge in [-0.25, -0.2) is 0 Å². The summed E-state index contributed by atoms with van der Waals surface area (Å²) in [7, 11) is 0. The van der Waals surface area contributed by atoms with E-state index in [1.165, 1.54) is 0 Å². The SMILES string of the molecule is Cc1cccc(OCCC(=O)NNC(=O)C2COc3ccccc3O2)c1C. The summed E-state index contributed by atoms with van der Waals surface area (Å²) in [4.78, 5) is 24.0. The quantitative estimate of drug-likeness (QED) is 0.787. The van der Waals surface area contributed by atoms with E-state index in [0.29, 0.717) is 11.5 Å². The Labute approximate surface area is 157 Å². The highest BCUT2D eigenvalue weighted by atomic mass is 16.6. The van der Waals surface area contributed by atoms with E-state index in [2.05, 4.69) is 10.9 Å². The topological polar surface area (TPSA) is 85.9 Å². The van der Waals surface area contributed by atoms with Crippen LogP contribution >= 0.6 is 0 Å². The molecule has 0 aliphatic carbocycles. The van der Waals surface area contributed by atoms with Crippen molar-refractivity contribution in [3.63, 3.8) is 0 Å². The van der Waals surface area contributed by atoms with Crippen LogP contribution in [-0.4, -0.2) is 31.1 Å². The van der Waals surface area contributed by atoms with Gasteiger partial charge in [0, 0.05) is 0 Å². The van der Waals surface area contributed by atoms with Crippen molar-refractivity contribution in [3.8, 4) is 17.2 Å². The largest absolute Gasteiger partial charge is 0.493 e. The molecule has 1 aliphatic heterocycles. The number of hydrazine groups is 1. The Morgan fingerprint density at radius 1 is 1.07 bits per heavy atom. The lowest BCUT2D eigenvalue weighted by Gasteiger charge is -2.25. The minimum Gasteiger partial charge on any atom is -0.493 e. The summed E-state index contributed by atoms with van der Waals surface area (Å²) in [6, 6.07) is 12.9. The molecule has 0 saturated carbocycles. The zero-order chi connectivity index (χ0) is 19.2. The minimum atomic E-state index is -0.827. The van der Waals surface area contributed by atoms with E-state index in [1.807, 2.05) is 38.1 Å². The number of amides is 2. The maximum atomic E-state index is 12.1. The molecule has 1 atom stereocenters.